The fourth-order valence-corrected chi connectivity index (χ4v) is 3.43. The first-order valence-corrected chi connectivity index (χ1v) is 9.24. The van der Waals surface area contributed by atoms with Gasteiger partial charge in [-0.2, -0.15) is 0 Å². The Morgan fingerprint density at radius 3 is 2.59 bits per heavy atom. The molecule has 5 atom stereocenters. The van der Waals surface area contributed by atoms with Crippen LogP contribution in [-0.4, -0.2) is 66.9 Å². The maximum absolute atomic E-state index is 10.3. The summed E-state index contributed by atoms with van der Waals surface area (Å²) in [7, 11) is 1.62. The van der Waals surface area contributed by atoms with Gasteiger partial charge in [0.2, 0.25) is 0 Å². The van der Waals surface area contributed by atoms with Gasteiger partial charge in [-0.25, -0.2) is 15.0 Å². The maximum Gasteiger partial charge on any atom is 0.167 e. The molecular weight excluding hydrogens is 378 g/mol. The smallest absolute Gasteiger partial charge is 0.167 e. The Morgan fingerprint density at radius 1 is 1.17 bits per heavy atom. The molecule has 4 N–H and O–H groups in total. The summed E-state index contributed by atoms with van der Waals surface area (Å²) in [6.45, 7) is 1.60. The van der Waals surface area contributed by atoms with Crippen molar-refractivity contribution in [2.75, 3.05) is 19.0 Å². The molecule has 0 saturated carbocycles. The number of fused-ring (bicyclic) bond motifs is 1. The zero-order valence-electron chi connectivity index (χ0n) is 16.0. The van der Waals surface area contributed by atoms with Crippen molar-refractivity contribution in [3.05, 3.63) is 42.5 Å². The van der Waals surface area contributed by atoms with Crippen LogP contribution in [0.25, 0.3) is 11.2 Å². The highest BCUT2D eigenvalue weighted by atomic mass is 16.6. The summed E-state index contributed by atoms with van der Waals surface area (Å²) < 4.78 is 12.3. The monoisotopic (exact) mass is 401 g/mol. The first kappa shape index (κ1) is 19.5. The van der Waals surface area contributed by atoms with E-state index in [2.05, 4.69) is 20.3 Å². The molecule has 1 aliphatic heterocycles. The van der Waals surface area contributed by atoms with E-state index in [1.165, 1.54) is 17.2 Å². The maximum atomic E-state index is 10.3. The molecule has 1 aromatic carbocycles. The van der Waals surface area contributed by atoms with Gasteiger partial charge in [0, 0.05) is 0 Å². The Bertz CT molecular complexity index is 979. The normalized spacial score (nSPS) is 25.3. The van der Waals surface area contributed by atoms with E-state index in [0.717, 1.165) is 11.3 Å². The third-order valence-electron chi connectivity index (χ3n) is 5.12. The Kier molecular flexibility index (Phi) is 5.33. The number of ether oxygens (including phenoxy) is 2. The van der Waals surface area contributed by atoms with Crippen LogP contribution in [0.2, 0.25) is 0 Å². The largest absolute Gasteiger partial charge is 0.497 e. The van der Waals surface area contributed by atoms with Gasteiger partial charge >= 0.3 is 0 Å². The molecule has 154 valence electrons. The lowest BCUT2D eigenvalue weighted by Crippen LogP contribution is -2.33. The zero-order valence-corrected chi connectivity index (χ0v) is 16.0. The van der Waals surface area contributed by atoms with Crippen molar-refractivity contribution in [3.63, 3.8) is 0 Å². The van der Waals surface area contributed by atoms with E-state index in [4.69, 9.17) is 9.47 Å². The minimum absolute atomic E-state index is 0.0573. The standard InChI is InChI=1S/C19H23N5O5/c1-10(11-3-5-12(28-2)6-4-11)23-17-14-18(21-8-20-17)24(9-22-14)19-16(27)15(26)13(7-25)29-19/h3-6,8-10,13,15-16,19,25-27H,7H2,1-2H3,(H,20,21,23)/t10-,13-,15?,16+,19-/m1/s1. The fraction of sp³-hybridized carbons (Fsp3) is 0.421. The summed E-state index contributed by atoms with van der Waals surface area (Å²) >= 11 is 0. The van der Waals surface area contributed by atoms with E-state index in [-0.39, 0.29) is 6.04 Å². The van der Waals surface area contributed by atoms with Crippen molar-refractivity contribution in [1.29, 1.82) is 0 Å². The van der Waals surface area contributed by atoms with Gasteiger partial charge in [0.1, 0.15) is 30.4 Å². The first-order chi connectivity index (χ1) is 14.0. The first-order valence-electron chi connectivity index (χ1n) is 9.24. The van der Waals surface area contributed by atoms with E-state index in [9.17, 15) is 15.3 Å². The predicted octanol–water partition coefficient (Wildman–Crippen LogP) is 0.619. The van der Waals surface area contributed by atoms with Gasteiger partial charge in [-0.05, 0) is 24.6 Å². The van der Waals surface area contributed by atoms with Crippen LogP contribution in [-0.2, 0) is 4.74 Å². The molecule has 1 unspecified atom stereocenters. The lowest BCUT2D eigenvalue weighted by Gasteiger charge is -2.17. The van der Waals surface area contributed by atoms with Crippen LogP contribution in [0.15, 0.2) is 36.9 Å². The molecule has 10 heteroatoms. The van der Waals surface area contributed by atoms with Crippen molar-refractivity contribution in [1.82, 2.24) is 19.5 Å². The van der Waals surface area contributed by atoms with E-state index in [1.54, 1.807) is 7.11 Å². The number of aliphatic hydroxyl groups is 3. The third-order valence-corrected chi connectivity index (χ3v) is 5.12. The van der Waals surface area contributed by atoms with Gasteiger partial charge < -0.3 is 30.1 Å². The number of aromatic nitrogens is 4. The van der Waals surface area contributed by atoms with Crippen LogP contribution < -0.4 is 10.1 Å². The molecule has 1 aliphatic rings. The van der Waals surface area contributed by atoms with Crippen LogP contribution >= 0.6 is 0 Å². The van der Waals surface area contributed by atoms with E-state index >= 15 is 0 Å². The van der Waals surface area contributed by atoms with Gasteiger partial charge in [0.05, 0.1) is 26.1 Å². The summed E-state index contributed by atoms with van der Waals surface area (Å²) in [6, 6.07) is 7.65. The van der Waals surface area contributed by atoms with Gasteiger partial charge in [-0.3, -0.25) is 4.57 Å². The molecule has 0 amide bonds. The average molecular weight is 401 g/mol. The Hall–Kier alpha value is -2.79. The number of imidazole rings is 1. The number of methoxy groups -OCH3 is 1. The number of nitrogens with one attached hydrogen (secondary N) is 1. The van der Waals surface area contributed by atoms with Crippen LogP contribution in [0, 0.1) is 0 Å². The number of rotatable bonds is 6. The molecule has 1 saturated heterocycles. The average Bonchev–Trinajstić information content (AvgIpc) is 3.30. The van der Waals surface area contributed by atoms with Crippen LogP contribution in [0.1, 0.15) is 24.8 Å². The van der Waals surface area contributed by atoms with Crippen molar-refractivity contribution < 1.29 is 24.8 Å². The second-order valence-electron chi connectivity index (χ2n) is 6.91. The minimum Gasteiger partial charge on any atom is -0.497 e. The number of anilines is 1. The quantitative estimate of drug-likeness (QED) is 0.469. The van der Waals surface area contributed by atoms with Gasteiger partial charge in [-0.15, -0.1) is 0 Å². The van der Waals surface area contributed by atoms with Gasteiger partial charge in [0.25, 0.3) is 0 Å². The molecule has 10 nitrogen and oxygen atoms in total. The topological polar surface area (TPSA) is 135 Å². The van der Waals surface area contributed by atoms with Crippen molar-refractivity contribution in [3.8, 4) is 5.75 Å². The summed E-state index contributed by atoms with van der Waals surface area (Å²) in [4.78, 5) is 12.9. The van der Waals surface area contributed by atoms with Gasteiger partial charge in [0.15, 0.2) is 23.2 Å². The third kappa shape index (κ3) is 3.51. The number of hydrogen-bond acceptors (Lipinski definition) is 9. The molecule has 3 aromatic rings. The van der Waals surface area contributed by atoms with E-state index < -0.39 is 31.1 Å². The van der Waals surface area contributed by atoms with Gasteiger partial charge in [-0.1, -0.05) is 12.1 Å². The van der Waals surface area contributed by atoms with E-state index in [0.29, 0.717) is 17.0 Å². The number of benzene rings is 1. The molecule has 1 fully saturated rings. The molecule has 3 heterocycles. The highest BCUT2D eigenvalue weighted by Gasteiger charge is 2.44. The molecule has 0 aliphatic carbocycles. The van der Waals surface area contributed by atoms with E-state index in [1.807, 2.05) is 31.2 Å². The molecule has 0 spiro atoms. The summed E-state index contributed by atoms with van der Waals surface area (Å²) in [5, 5.41) is 32.9. The Morgan fingerprint density at radius 2 is 1.93 bits per heavy atom. The molecular formula is C19H23N5O5. The van der Waals surface area contributed by atoms with Crippen molar-refractivity contribution in [2.24, 2.45) is 0 Å². The summed E-state index contributed by atoms with van der Waals surface area (Å²) in [5.74, 6) is 1.31. The lowest BCUT2D eigenvalue weighted by atomic mass is 10.1. The zero-order chi connectivity index (χ0) is 20.5. The predicted molar refractivity (Wildman–Crippen MR) is 103 cm³/mol. The molecule has 4 rings (SSSR count). The SMILES string of the molecule is COc1ccc([C@@H](C)Nc2ncnc3c2ncn3[C@@H]2O[C@H](CO)C(O)[C@@H]2O)cc1. The molecule has 0 radical (unpaired) electrons. The highest BCUT2D eigenvalue weighted by molar-refractivity contribution is 5.82. The minimum atomic E-state index is -1.21. The molecule has 29 heavy (non-hydrogen) atoms. The lowest BCUT2D eigenvalue weighted by molar-refractivity contribution is -0.0511. The fourth-order valence-electron chi connectivity index (χ4n) is 3.43. The highest BCUT2D eigenvalue weighted by Crippen LogP contribution is 2.32. The van der Waals surface area contributed by atoms with Crippen molar-refractivity contribution >= 4 is 17.0 Å². The van der Waals surface area contributed by atoms with Crippen LogP contribution in [0.3, 0.4) is 0 Å². The number of hydrogen-bond donors (Lipinski definition) is 4. The van der Waals surface area contributed by atoms with Crippen LogP contribution in [0.5, 0.6) is 5.75 Å². The second kappa shape index (κ2) is 7.91. The molecule has 2 aromatic heterocycles. The van der Waals surface area contributed by atoms with Crippen LogP contribution in [0.4, 0.5) is 5.82 Å². The molecule has 0 bridgehead atoms. The van der Waals surface area contributed by atoms with Crippen molar-refractivity contribution in [2.45, 2.75) is 37.5 Å². The second-order valence-corrected chi connectivity index (χ2v) is 6.91. The Labute approximate surface area is 166 Å². The summed E-state index contributed by atoms with van der Waals surface area (Å²) in [5.41, 5.74) is 1.99. The summed E-state index contributed by atoms with van der Waals surface area (Å²) in [6.07, 6.45) is -1.32. The number of aliphatic hydroxyl groups excluding tert-OH is 3. The number of nitrogens with zero attached hydrogens (tertiary/aromatic N) is 4. The Balaban J connectivity index is 1.60.